The minimum absolute atomic E-state index is 0.0292. The SMILES string of the molecule is CC(=O)c1cccc(OC(C)C(=O)N2CCc3cc(Br)ccc32)c1. The van der Waals surface area contributed by atoms with E-state index in [-0.39, 0.29) is 11.7 Å². The number of nitrogens with zero attached hydrogens (tertiary/aromatic N) is 1. The van der Waals surface area contributed by atoms with Crippen LogP contribution in [0.4, 0.5) is 5.69 Å². The van der Waals surface area contributed by atoms with Gasteiger partial charge in [0, 0.05) is 22.3 Å². The number of hydrogen-bond acceptors (Lipinski definition) is 3. The van der Waals surface area contributed by atoms with Crippen LogP contribution < -0.4 is 9.64 Å². The zero-order valence-corrected chi connectivity index (χ0v) is 15.2. The summed E-state index contributed by atoms with van der Waals surface area (Å²) in [5, 5.41) is 0. The summed E-state index contributed by atoms with van der Waals surface area (Å²) in [6, 6.07) is 12.8. The van der Waals surface area contributed by atoms with Crippen LogP contribution in [-0.2, 0) is 11.2 Å². The maximum atomic E-state index is 12.7. The first-order valence-corrected chi connectivity index (χ1v) is 8.62. The molecule has 24 heavy (non-hydrogen) atoms. The van der Waals surface area contributed by atoms with Crippen LogP contribution in [0.5, 0.6) is 5.75 Å². The third-order valence-corrected chi connectivity index (χ3v) is 4.60. The first kappa shape index (κ1) is 16.7. The Morgan fingerprint density at radius 3 is 2.75 bits per heavy atom. The summed E-state index contributed by atoms with van der Waals surface area (Å²) in [5.41, 5.74) is 2.67. The van der Waals surface area contributed by atoms with Gasteiger partial charge in [-0.15, -0.1) is 0 Å². The predicted octanol–water partition coefficient (Wildman–Crippen LogP) is 4.01. The summed E-state index contributed by atoms with van der Waals surface area (Å²) < 4.78 is 6.78. The topological polar surface area (TPSA) is 46.6 Å². The highest BCUT2D eigenvalue weighted by molar-refractivity contribution is 9.10. The van der Waals surface area contributed by atoms with E-state index in [9.17, 15) is 9.59 Å². The number of rotatable bonds is 4. The number of benzene rings is 2. The molecule has 3 rings (SSSR count). The van der Waals surface area contributed by atoms with Crippen molar-refractivity contribution in [3.63, 3.8) is 0 Å². The highest BCUT2D eigenvalue weighted by Crippen LogP contribution is 2.31. The fourth-order valence-corrected chi connectivity index (χ4v) is 3.27. The Kier molecular flexibility index (Phi) is 4.71. The average molecular weight is 388 g/mol. The normalized spacial score (nSPS) is 14.2. The van der Waals surface area contributed by atoms with Gasteiger partial charge >= 0.3 is 0 Å². The number of amides is 1. The molecule has 4 nitrogen and oxygen atoms in total. The third-order valence-electron chi connectivity index (χ3n) is 4.10. The Hall–Kier alpha value is -2.14. The van der Waals surface area contributed by atoms with Crippen molar-refractivity contribution in [2.24, 2.45) is 0 Å². The van der Waals surface area contributed by atoms with Crippen LogP contribution in [0.2, 0.25) is 0 Å². The molecule has 0 aromatic heterocycles. The van der Waals surface area contributed by atoms with E-state index in [1.165, 1.54) is 6.92 Å². The van der Waals surface area contributed by atoms with Crippen molar-refractivity contribution < 1.29 is 14.3 Å². The summed E-state index contributed by atoms with van der Waals surface area (Å²) >= 11 is 3.46. The Morgan fingerprint density at radius 1 is 1.21 bits per heavy atom. The van der Waals surface area contributed by atoms with E-state index < -0.39 is 6.10 Å². The molecule has 1 amide bonds. The lowest BCUT2D eigenvalue weighted by Crippen LogP contribution is -2.39. The van der Waals surface area contributed by atoms with Crippen LogP contribution in [0.15, 0.2) is 46.9 Å². The van der Waals surface area contributed by atoms with Crippen LogP contribution >= 0.6 is 15.9 Å². The second-order valence-corrected chi connectivity index (χ2v) is 6.77. The number of anilines is 1. The van der Waals surface area contributed by atoms with Gasteiger partial charge in [0.05, 0.1) is 0 Å². The van der Waals surface area contributed by atoms with Crippen molar-refractivity contribution in [3.8, 4) is 5.75 Å². The minimum atomic E-state index is -0.623. The molecule has 1 unspecified atom stereocenters. The molecule has 0 aliphatic carbocycles. The van der Waals surface area contributed by atoms with Crippen molar-refractivity contribution in [1.29, 1.82) is 0 Å². The van der Waals surface area contributed by atoms with Crippen LogP contribution in [0.3, 0.4) is 0 Å². The second kappa shape index (κ2) is 6.77. The highest BCUT2D eigenvalue weighted by atomic mass is 79.9. The van der Waals surface area contributed by atoms with E-state index in [0.717, 1.165) is 22.1 Å². The maximum absolute atomic E-state index is 12.7. The molecule has 0 saturated heterocycles. The summed E-state index contributed by atoms with van der Waals surface area (Å²) in [7, 11) is 0. The van der Waals surface area contributed by atoms with Gasteiger partial charge in [-0.05, 0) is 56.2 Å². The van der Waals surface area contributed by atoms with E-state index in [1.807, 2.05) is 18.2 Å². The van der Waals surface area contributed by atoms with Gasteiger partial charge in [-0.1, -0.05) is 28.1 Å². The van der Waals surface area contributed by atoms with E-state index in [0.29, 0.717) is 17.9 Å². The van der Waals surface area contributed by atoms with Gasteiger partial charge in [0.2, 0.25) is 0 Å². The quantitative estimate of drug-likeness (QED) is 0.744. The molecule has 124 valence electrons. The fourth-order valence-electron chi connectivity index (χ4n) is 2.86. The molecular weight excluding hydrogens is 370 g/mol. The summed E-state index contributed by atoms with van der Waals surface area (Å²) in [6.45, 7) is 3.90. The van der Waals surface area contributed by atoms with Crippen molar-refractivity contribution in [2.45, 2.75) is 26.4 Å². The summed E-state index contributed by atoms with van der Waals surface area (Å²) in [5.74, 6) is 0.418. The lowest BCUT2D eigenvalue weighted by molar-refractivity contribution is -0.124. The summed E-state index contributed by atoms with van der Waals surface area (Å²) in [4.78, 5) is 26.0. The lowest BCUT2D eigenvalue weighted by Gasteiger charge is -2.22. The van der Waals surface area contributed by atoms with Gasteiger partial charge in [0.15, 0.2) is 11.9 Å². The van der Waals surface area contributed by atoms with Crippen LogP contribution in [0, 0.1) is 0 Å². The lowest BCUT2D eigenvalue weighted by atomic mass is 10.1. The number of fused-ring (bicyclic) bond motifs is 1. The van der Waals surface area contributed by atoms with Gasteiger partial charge < -0.3 is 9.64 Å². The molecule has 2 aromatic carbocycles. The number of carbonyl (C=O) groups is 2. The van der Waals surface area contributed by atoms with E-state index in [2.05, 4.69) is 15.9 Å². The molecule has 0 spiro atoms. The predicted molar refractivity (Wildman–Crippen MR) is 96.7 cm³/mol. The smallest absolute Gasteiger partial charge is 0.267 e. The third kappa shape index (κ3) is 3.36. The number of hydrogen-bond donors (Lipinski definition) is 0. The van der Waals surface area contributed by atoms with Crippen molar-refractivity contribution in [2.75, 3.05) is 11.4 Å². The first-order chi connectivity index (χ1) is 11.5. The molecule has 1 aliphatic rings. The minimum Gasteiger partial charge on any atom is -0.481 e. The Labute approximate surface area is 149 Å². The Balaban J connectivity index is 1.75. The molecule has 1 aliphatic heterocycles. The number of ether oxygens (including phenoxy) is 1. The molecule has 5 heteroatoms. The van der Waals surface area contributed by atoms with Gasteiger partial charge in [0.25, 0.3) is 5.91 Å². The summed E-state index contributed by atoms with van der Waals surface area (Å²) in [6.07, 6.45) is 0.217. The van der Waals surface area contributed by atoms with Crippen molar-refractivity contribution in [1.82, 2.24) is 0 Å². The monoisotopic (exact) mass is 387 g/mol. The molecule has 0 radical (unpaired) electrons. The molecular formula is C19H18BrNO3. The van der Waals surface area contributed by atoms with E-state index in [1.54, 1.807) is 36.1 Å². The van der Waals surface area contributed by atoms with Gasteiger partial charge in [-0.2, -0.15) is 0 Å². The zero-order chi connectivity index (χ0) is 17.3. The molecule has 0 N–H and O–H groups in total. The molecule has 0 fully saturated rings. The fraction of sp³-hybridized carbons (Fsp3) is 0.263. The highest BCUT2D eigenvalue weighted by Gasteiger charge is 2.29. The van der Waals surface area contributed by atoms with Gasteiger partial charge in [-0.25, -0.2) is 0 Å². The van der Waals surface area contributed by atoms with Crippen molar-refractivity contribution in [3.05, 3.63) is 58.1 Å². The Morgan fingerprint density at radius 2 is 2.00 bits per heavy atom. The number of Topliss-reactive ketones (excluding diaryl/α,β-unsaturated/α-hetero) is 1. The maximum Gasteiger partial charge on any atom is 0.267 e. The standard InChI is InChI=1S/C19H18BrNO3/c1-12(22)14-4-3-5-17(11-14)24-13(2)19(23)21-9-8-15-10-16(20)6-7-18(15)21/h3-7,10-11,13H,8-9H2,1-2H3. The van der Waals surface area contributed by atoms with Gasteiger partial charge in [-0.3, -0.25) is 9.59 Å². The van der Waals surface area contributed by atoms with Crippen LogP contribution in [0.1, 0.15) is 29.8 Å². The number of halogens is 1. The van der Waals surface area contributed by atoms with Crippen molar-refractivity contribution >= 4 is 33.3 Å². The molecule has 0 saturated carbocycles. The van der Waals surface area contributed by atoms with E-state index >= 15 is 0 Å². The largest absolute Gasteiger partial charge is 0.481 e. The molecule has 0 bridgehead atoms. The average Bonchev–Trinajstić information content (AvgIpc) is 2.97. The second-order valence-electron chi connectivity index (χ2n) is 5.86. The molecule has 1 atom stereocenters. The first-order valence-electron chi connectivity index (χ1n) is 7.83. The number of carbonyl (C=O) groups excluding carboxylic acids is 2. The van der Waals surface area contributed by atoms with Crippen LogP contribution in [-0.4, -0.2) is 24.3 Å². The molecule has 1 heterocycles. The van der Waals surface area contributed by atoms with Crippen LogP contribution in [0.25, 0.3) is 0 Å². The van der Waals surface area contributed by atoms with Gasteiger partial charge in [0.1, 0.15) is 5.75 Å². The Bertz CT molecular complexity index is 803. The zero-order valence-electron chi connectivity index (χ0n) is 13.6. The molecule has 2 aromatic rings. The van der Waals surface area contributed by atoms with E-state index in [4.69, 9.17) is 4.74 Å². The number of ketones is 1.